The van der Waals surface area contributed by atoms with Crippen molar-refractivity contribution in [2.45, 2.75) is 44.0 Å². The van der Waals surface area contributed by atoms with Gasteiger partial charge in [-0.15, -0.1) is 0 Å². The number of benzene rings is 1. The summed E-state index contributed by atoms with van der Waals surface area (Å²) in [5.74, 6) is -0.620. The summed E-state index contributed by atoms with van der Waals surface area (Å²) in [7, 11) is -2.47. The largest absolute Gasteiger partial charge is 0.468 e. The van der Waals surface area contributed by atoms with Gasteiger partial charge in [-0.1, -0.05) is 41.0 Å². The maximum atomic E-state index is 13.3. The van der Waals surface area contributed by atoms with E-state index in [-0.39, 0.29) is 17.4 Å². The number of ether oxygens (including phenoxy) is 1. The van der Waals surface area contributed by atoms with Gasteiger partial charge in [0.05, 0.1) is 12.0 Å². The number of fused-ring (bicyclic) bond motifs is 1. The lowest BCUT2D eigenvalue weighted by Crippen LogP contribution is -2.43. The number of methoxy groups -OCH3 is 1. The van der Waals surface area contributed by atoms with Crippen LogP contribution in [-0.2, 0) is 19.6 Å². The van der Waals surface area contributed by atoms with Crippen molar-refractivity contribution < 1.29 is 17.9 Å². The normalized spacial score (nSPS) is 28.1. The molecular formula is C20H25NO4S. The van der Waals surface area contributed by atoms with E-state index in [9.17, 15) is 13.2 Å². The van der Waals surface area contributed by atoms with Crippen LogP contribution in [0, 0.1) is 12.8 Å². The molecule has 1 heterocycles. The fourth-order valence-electron chi connectivity index (χ4n) is 3.83. The molecule has 0 N–H and O–H groups in total. The van der Waals surface area contributed by atoms with Gasteiger partial charge in [0.2, 0.25) is 10.0 Å². The summed E-state index contributed by atoms with van der Waals surface area (Å²) in [5.41, 5.74) is 3.18. The monoisotopic (exact) mass is 375 g/mol. The van der Waals surface area contributed by atoms with E-state index in [0.29, 0.717) is 0 Å². The first-order valence-corrected chi connectivity index (χ1v) is 10.3. The van der Waals surface area contributed by atoms with Crippen LogP contribution in [0.3, 0.4) is 0 Å². The molecule has 0 bridgehead atoms. The van der Waals surface area contributed by atoms with Gasteiger partial charge >= 0.3 is 5.97 Å². The van der Waals surface area contributed by atoms with E-state index >= 15 is 0 Å². The number of hydrogen-bond donors (Lipinski definition) is 0. The van der Waals surface area contributed by atoms with Crippen LogP contribution in [0.1, 0.15) is 31.7 Å². The van der Waals surface area contributed by atoms with E-state index in [1.165, 1.54) is 11.4 Å². The molecule has 0 saturated carbocycles. The van der Waals surface area contributed by atoms with Gasteiger partial charge in [-0.05, 0) is 45.2 Å². The Labute approximate surface area is 155 Å². The maximum Gasteiger partial charge on any atom is 0.324 e. The van der Waals surface area contributed by atoms with E-state index in [2.05, 4.69) is 12.2 Å². The van der Waals surface area contributed by atoms with E-state index < -0.39 is 22.0 Å². The van der Waals surface area contributed by atoms with Gasteiger partial charge in [0.25, 0.3) is 0 Å². The zero-order valence-electron chi connectivity index (χ0n) is 15.4. The predicted octanol–water partition coefficient (Wildman–Crippen LogP) is 3.21. The molecule has 26 heavy (non-hydrogen) atoms. The van der Waals surface area contributed by atoms with Crippen molar-refractivity contribution in [3.8, 4) is 0 Å². The van der Waals surface area contributed by atoms with Gasteiger partial charge in [0.15, 0.2) is 0 Å². The molecule has 3 rings (SSSR count). The highest BCUT2D eigenvalue weighted by Crippen LogP contribution is 2.40. The SMILES string of the molecule is COC(=O)[C@@H]1[C@@H]2CC/C=C\C/C(C)=C\2CN1S(=O)(=O)c1ccc(C)cc1. The van der Waals surface area contributed by atoms with Crippen molar-refractivity contribution in [3.63, 3.8) is 0 Å². The predicted molar refractivity (Wildman–Crippen MR) is 100 cm³/mol. The van der Waals surface area contributed by atoms with Gasteiger partial charge in [0.1, 0.15) is 6.04 Å². The van der Waals surface area contributed by atoms with Crippen molar-refractivity contribution in [2.75, 3.05) is 13.7 Å². The highest BCUT2D eigenvalue weighted by atomic mass is 32.2. The first-order chi connectivity index (χ1) is 12.4. The average Bonchev–Trinajstić information content (AvgIpc) is 2.99. The summed E-state index contributed by atoms with van der Waals surface area (Å²) in [6.45, 7) is 4.18. The van der Waals surface area contributed by atoms with E-state index in [4.69, 9.17) is 4.74 Å². The molecule has 2 aliphatic rings. The summed E-state index contributed by atoms with van der Waals surface area (Å²) in [5, 5.41) is 0. The van der Waals surface area contributed by atoms with Gasteiger partial charge in [0, 0.05) is 12.5 Å². The zero-order chi connectivity index (χ0) is 18.9. The van der Waals surface area contributed by atoms with Crippen molar-refractivity contribution in [3.05, 3.63) is 53.1 Å². The number of carbonyl (C=O) groups is 1. The third kappa shape index (κ3) is 3.35. The van der Waals surface area contributed by atoms with Crippen molar-refractivity contribution >= 4 is 16.0 Å². The van der Waals surface area contributed by atoms with Crippen LogP contribution in [-0.4, -0.2) is 38.4 Å². The number of hydrogen-bond acceptors (Lipinski definition) is 4. The van der Waals surface area contributed by atoms with Gasteiger partial charge in [-0.3, -0.25) is 4.79 Å². The highest BCUT2D eigenvalue weighted by molar-refractivity contribution is 7.89. The molecule has 1 aromatic carbocycles. The molecule has 5 nitrogen and oxygen atoms in total. The number of nitrogens with zero attached hydrogens (tertiary/aromatic N) is 1. The van der Waals surface area contributed by atoms with Crippen LogP contribution in [0.2, 0.25) is 0 Å². The molecule has 2 atom stereocenters. The lowest BCUT2D eigenvalue weighted by molar-refractivity contribution is -0.145. The molecule has 0 radical (unpaired) electrons. The van der Waals surface area contributed by atoms with E-state index in [0.717, 1.165) is 36.0 Å². The van der Waals surface area contributed by atoms with Crippen LogP contribution in [0.5, 0.6) is 0 Å². The summed E-state index contributed by atoms with van der Waals surface area (Å²) in [6.07, 6.45) is 6.57. The third-order valence-corrected chi connectivity index (χ3v) is 7.16. The van der Waals surface area contributed by atoms with Crippen LogP contribution in [0.15, 0.2) is 52.5 Å². The van der Waals surface area contributed by atoms with Crippen LogP contribution >= 0.6 is 0 Å². The Morgan fingerprint density at radius 1 is 1.15 bits per heavy atom. The Kier molecular flexibility index (Phi) is 5.34. The third-order valence-electron chi connectivity index (χ3n) is 5.32. The van der Waals surface area contributed by atoms with Crippen molar-refractivity contribution in [1.29, 1.82) is 0 Å². The Balaban J connectivity index is 2.07. The zero-order valence-corrected chi connectivity index (χ0v) is 16.3. The molecule has 0 unspecified atom stereocenters. The maximum absolute atomic E-state index is 13.3. The topological polar surface area (TPSA) is 63.7 Å². The van der Waals surface area contributed by atoms with E-state index in [1.807, 2.05) is 13.8 Å². The van der Waals surface area contributed by atoms with Gasteiger partial charge in [-0.25, -0.2) is 8.42 Å². The number of allylic oxidation sites excluding steroid dienone is 3. The number of aryl methyl sites for hydroxylation is 1. The van der Waals surface area contributed by atoms with E-state index in [1.54, 1.807) is 24.3 Å². The number of esters is 1. The first-order valence-electron chi connectivity index (χ1n) is 8.86. The average molecular weight is 375 g/mol. The lowest BCUT2D eigenvalue weighted by Gasteiger charge is -2.25. The minimum Gasteiger partial charge on any atom is -0.468 e. The fourth-order valence-corrected chi connectivity index (χ4v) is 5.42. The lowest BCUT2D eigenvalue weighted by atomic mass is 9.86. The second-order valence-electron chi connectivity index (χ2n) is 7.00. The number of carbonyl (C=O) groups excluding carboxylic acids is 1. The summed E-state index contributed by atoms with van der Waals surface area (Å²) >= 11 is 0. The molecular weight excluding hydrogens is 350 g/mol. The molecule has 0 spiro atoms. The Morgan fingerprint density at radius 2 is 1.85 bits per heavy atom. The molecule has 0 amide bonds. The van der Waals surface area contributed by atoms with Crippen LogP contribution < -0.4 is 0 Å². The Hall–Kier alpha value is -1.92. The Bertz CT molecular complexity index is 852. The molecule has 1 saturated heterocycles. The molecule has 1 aromatic rings. The fraction of sp³-hybridized carbons (Fsp3) is 0.450. The minimum atomic E-state index is -3.79. The molecule has 0 aromatic heterocycles. The van der Waals surface area contributed by atoms with Gasteiger partial charge in [-0.2, -0.15) is 4.31 Å². The summed E-state index contributed by atoms with van der Waals surface area (Å²) in [6, 6.07) is 5.94. The first kappa shape index (κ1) is 18.9. The molecule has 6 heteroatoms. The number of sulfonamides is 1. The second kappa shape index (κ2) is 7.37. The molecule has 140 valence electrons. The quantitative estimate of drug-likeness (QED) is 0.601. The molecule has 1 aliphatic heterocycles. The second-order valence-corrected chi connectivity index (χ2v) is 8.89. The van der Waals surface area contributed by atoms with Gasteiger partial charge < -0.3 is 4.74 Å². The van der Waals surface area contributed by atoms with Crippen molar-refractivity contribution in [2.24, 2.45) is 5.92 Å². The highest BCUT2D eigenvalue weighted by Gasteiger charge is 2.49. The minimum absolute atomic E-state index is 0.132. The number of rotatable bonds is 3. The van der Waals surface area contributed by atoms with Crippen molar-refractivity contribution in [1.82, 2.24) is 4.31 Å². The standard InChI is InChI=1S/C20H25NO4S/c1-14-9-11-16(12-10-14)26(23,24)21-13-18-15(2)7-5-4-6-8-17(18)19(21)20(22)25-3/h4-5,9-12,17,19H,6-8,13H2,1-3H3/b5-4-,18-15-/t17-,19+/m1/s1. The van der Waals surface area contributed by atoms with Crippen LogP contribution in [0.4, 0.5) is 0 Å². The summed E-state index contributed by atoms with van der Waals surface area (Å²) < 4.78 is 32.9. The molecule has 1 aliphatic carbocycles. The Morgan fingerprint density at radius 3 is 2.50 bits per heavy atom. The smallest absolute Gasteiger partial charge is 0.324 e. The summed E-state index contributed by atoms with van der Waals surface area (Å²) in [4.78, 5) is 12.8. The van der Waals surface area contributed by atoms with Crippen LogP contribution in [0.25, 0.3) is 0 Å². The molecule has 1 fully saturated rings.